The lowest BCUT2D eigenvalue weighted by atomic mass is 10.3. The Kier molecular flexibility index (Phi) is 3.18. The Morgan fingerprint density at radius 1 is 1.39 bits per heavy atom. The molecule has 0 saturated heterocycles. The maximum absolute atomic E-state index is 11.3. The zero-order valence-corrected chi connectivity index (χ0v) is 10.7. The van der Waals surface area contributed by atoms with E-state index in [0.717, 1.165) is 0 Å². The van der Waals surface area contributed by atoms with Gasteiger partial charge in [0.25, 0.3) is 19.8 Å². The summed E-state index contributed by atoms with van der Waals surface area (Å²) in [4.78, 5) is 10.9. The molecule has 0 aliphatic carbocycles. The van der Waals surface area contributed by atoms with Crippen molar-refractivity contribution in [3.8, 4) is 11.5 Å². The Bertz CT molecular complexity index is 715. The smallest absolute Gasteiger partial charge is 0.296 e. The molecular weight excluding hydrogens is 282 g/mol. The highest BCUT2D eigenvalue weighted by atomic mass is 35.7. The van der Waals surface area contributed by atoms with Crippen molar-refractivity contribution >= 4 is 19.7 Å². The van der Waals surface area contributed by atoms with Crippen LogP contribution < -0.4 is 5.56 Å². The number of nitrogens with one attached hydrogen (secondary N) is 1. The molecule has 96 valence electrons. The van der Waals surface area contributed by atoms with Crippen LogP contribution >= 0.6 is 10.7 Å². The molecule has 0 aromatic carbocycles. The van der Waals surface area contributed by atoms with Crippen LogP contribution in [-0.2, 0) is 15.6 Å². The number of halogens is 1. The largest absolute Gasteiger partial charge is 0.296 e. The van der Waals surface area contributed by atoms with E-state index in [1.165, 1.54) is 16.7 Å². The van der Waals surface area contributed by atoms with Crippen LogP contribution in [0.15, 0.2) is 22.1 Å². The van der Waals surface area contributed by atoms with Crippen molar-refractivity contribution in [3.63, 3.8) is 0 Å². The summed E-state index contributed by atoms with van der Waals surface area (Å²) in [5, 5.41) is 12.9. The fraction of sp³-hybridized carbons (Fsp3) is 0.250. The zero-order chi connectivity index (χ0) is 13.3. The molecule has 0 aliphatic heterocycles. The average molecular weight is 290 g/mol. The van der Waals surface area contributed by atoms with Gasteiger partial charge in [-0.25, -0.2) is 13.5 Å². The molecule has 0 atom stereocenters. The molecule has 0 spiro atoms. The highest BCUT2D eigenvalue weighted by molar-refractivity contribution is 8.13. The predicted octanol–water partition coefficient (Wildman–Crippen LogP) is -0.0242. The highest BCUT2D eigenvalue weighted by Gasteiger charge is 2.22. The molecule has 0 fully saturated rings. The van der Waals surface area contributed by atoms with Crippen LogP contribution in [-0.4, -0.2) is 33.4 Å². The van der Waals surface area contributed by atoms with Crippen LogP contribution in [0.25, 0.3) is 11.5 Å². The van der Waals surface area contributed by atoms with E-state index in [1.54, 1.807) is 6.92 Å². The summed E-state index contributed by atoms with van der Waals surface area (Å²) in [7, 11) is 1.26. The minimum absolute atomic E-state index is 0.216. The van der Waals surface area contributed by atoms with Gasteiger partial charge < -0.3 is 0 Å². The lowest BCUT2D eigenvalue weighted by Crippen LogP contribution is -2.09. The first-order chi connectivity index (χ1) is 8.43. The molecule has 2 aromatic heterocycles. The van der Waals surface area contributed by atoms with Gasteiger partial charge in [0.2, 0.25) is 0 Å². The van der Waals surface area contributed by atoms with Crippen molar-refractivity contribution in [2.75, 3.05) is 0 Å². The number of nitrogens with zero attached hydrogens (tertiary/aromatic N) is 4. The third kappa shape index (κ3) is 2.27. The average Bonchev–Trinajstić information content (AvgIpc) is 2.73. The minimum Gasteiger partial charge on any atom is -0.296 e. The Hall–Kier alpha value is -1.74. The van der Waals surface area contributed by atoms with Crippen molar-refractivity contribution in [2.24, 2.45) is 0 Å². The second kappa shape index (κ2) is 4.50. The minimum atomic E-state index is -3.98. The molecule has 18 heavy (non-hydrogen) atoms. The summed E-state index contributed by atoms with van der Waals surface area (Å²) >= 11 is 0. The number of hydrogen-bond acceptors (Lipinski definition) is 6. The van der Waals surface area contributed by atoms with E-state index in [1.807, 2.05) is 0 Å². The Morgan fingerprint density at radius 3 is 2.61 bits per heavy atom. The summed E-state index contributed by atoms with van der Waals surface area (Å²) in [6.45, 7) is 2.01. The molecule has 2 heterocycles. The van der Waals surface area contributed by atoms with Gasteiger partial charge in [-0.3, -0.25) is 9.36 Å². The normalized spacial score (nSPS) is 11.7. The van der Waals surface area contributed by atoms with Gasteiger partial charge in [-0.15, -0.1) is 10.2 Å². The van der Waals surface area contributed by atoms with Crippen molar-refractivity contribution in [1.82, 2.24) is 25.0 Å². The molecular formula is C8H8ClN5O3S. The van der Waals surface area contributed by atoms with E-state index in [-0.39, 0.29) is 16.5 Å². The van der Waals surface area contributed by atoms with Gasteiger partial charge in [-0.05, 0) is 13.0 Å². The molecule has 0 aliphatic rings. The van der Waals surface area contributed by atoms with E-state index in [4.69, 9.17) is 10.7 Å². The van der Waals surface area contributed by atoms with Crippen molar-refractivity contribution in [3.05, 3.63) is 22.5 Å². The van der Waals surface area contributed by atoms with Crippen LogP contribution in [0, 0.1) is 0 Å². The standard InChI is InChI=1S/C8H8ClN5O3S/c1-2-14-7(5-3-4-6(15)11-10-5)12-13-8(14)18(9,16)17/h3-4H,2H2,1H3,(H,11,15). The van der Waals surface area contributed by atoms with Crippen LogP contribution in [0.3, 0.4) is 0 Å². The first-order valence-corrected chi connectivity index (χ1v) is 7.18. The van der Waals surface area contributed by atoms with Gasteiger partial charge in [0.1, 0.15) is 5.69 Å². The summed E-state index contributed by atoms with van der Waals surface area (Å²) in [6, 6.07) is 2.67. The van der Waals surface area contributed by atoms with Gasteiger partial charge in [-0.1, -0.05) is 0 Å². The van der Waals surface area contributed by atoms with Gasteiger partial charge in [0, 0.05) is 23.3 Å². The van der Waals surface area contributed by atoms with Crippen molar-refractivity contribution in [1.29, 1.82) is 0 Å². The topological polar surface area (TPSA) is 111 Å². The Labute approximate surface area is 106 Å². The molecule has 0 amide bonds. The lowest BCUT2D eigenvalue weighted by Gasteiger charge is -2.03. The van der Waals surface area contributed by atoms with Crippen LogP contribution in [0.2, 0.25) is 0 Å². The number of H-pyrrole nitrogens is 1. The molecule has 2 rings (SSSR count). The summed E-state index contributed by atoms with van der Waals surface area (Å²) in [5.41, 5.74) is -0.0676. The molecule has 0 saturated carbocycles. The highest BCUT2D eigenvalue weighted by Crippen LogP contribution is 2.19. The SMILES string of the molecule is CCn1c(-c2ccc(=O)[nH]n2)nnc1S(=O)(=O)Cl. The molecule has 8 nitrogen and oxygen atoms in total. The van der Waals surface area contributed by atoms with Crippen LogP contribution in [0.1, 0.15) is 6.92 Å². The number of hydrogen-bond donors (Lipinski definition) is 1. The summed E-state index contributed by atoms with van der Waals surface area (Å²) in [5.74, 6) is 0.216. The molecule has 0 unspecified atom stereocenters. The lowest BCUT2D eigenvalue weighted by molar-refractivity contribution is 0.582. The van der Waals surface area contributed by atoms with E-state index in [9.17, 15) is 13.2 Å². The van der Waals surface area contributed by atoms with Crippen molar-refractivity contribution < 1.29 is 8.42 Å². The Morgan fingerprint density at radius 2 is 2.11 bits per heavy atom. The number of aromatic amines is 1. The van der Waals surface area contributed by atoms with E-state index >= 15 is 0 Å². The first-order valence-electron chi connectivity index (χ1n) is 4.87. The molecule has 1 N–H and O–H groups in total. The Balaban J connectivity index is 2.63. The monoisotopic (exact) mass is 289 g/mol. The van der Waals surface area contributed by atoms with E-state index in [0.29, 0.717) is 12.2 Å². The molecule has 0 bridgehead atoms. The first kappa shape index (κ1) is 12.7. The third-order valence-electron chi connectivity index (χ3n) is 2.16. The second-order valence-electron chi connectivity index (χ2n) is 3.29. The molecule has 2 aromatic rings. The van der Waals surface area contributed by atoms with Gasteiger partial charge in [0.05, 0.1) is 0 Å². The van der Waals surface area contributed by atoms with E-state index in [2.05, 4.69) is 20.4 Å². The van der Waals surface area contributed by atoms with Crippen molar-refractivity contribution in [2.45, 2.75) is 18.6 Å². The van der Waals surface area contributed by atoms with Gasteiger partial charge >= 0.3 is 0 Å². The second-order valence-corrected chi connectivity index (χ2v) is 5.75. The zero-order valence-electron chi connectivity index (χ0n) is 9.16. The fourth-order valence-electron chi connectivity index (χ4n) is 1.41. The molecule has 0 radical (unpaired) electrons. The number of rotatable bonds is 3. The maximum atomic E-state index is 11.3. The van der Waals surface area contributed by atoms with Gasteiger partial charge in [-0.2, -0.15) is 5.10 Å². The summed E-state index contributed by atoms with van der Waals surface area (Å²) < 4.78 is 23.8. The fourth-order valence-corrected chi connectivity index (χ4v) is 2.37. The maximum Gasteiger partial charge on any atom is 0.296 e. The summed E-state index contributed by atoms with van der Waals surface area (Å²) in [6.07, 6.45) is 0. The third-order valence-corrected chi connectivity index (χ3v) is 3.31. The van der Waals surface area contributed by atoms with Crippen LogP contribution in [0.5, 0.6) is 0 Å². The number of aromatic nitrogens is 5. The van der Waals surface area contributed by atoms with Gasteiger partial charge in [0.15, 0.2) is 5.82 Å². The van der Waals surface area contributed by atoms with Crippen LogP contribution in [0.4, 0.5) is 0 Å². The molecule has 10 heteroatoms. The predicted molar refractivity (Wildman–Crippen MR) is 62.6 cm³/mol. The quantitative estimate of drug-likeness (QED) is 0.795. The van der Waals surface area contributed by atoms with E-state index < -0.39 is 9.05 Å².